The zero-order valence-electron chi connectivity index (χ0n) is 22.9. The molecule has 0 radical (unpaired) electrons. The first-order valence-corrected chi connectivity index (χ1v) is 14.3. The van der Waals surface area contributed by atoms with Crippen LogP contribution >= 0.6 is 0 Å². The predicted molar refractivity (Wildman–Crippen MR) is 149 cm³/mol. The second kappa shape index (κ2) is 12.2. The number of hydrogen-bond donors (Lipinski definition) is 3. The van der Waals surface area contributed by atoms with E-state index in [1.165, 1.54) is 16.0 Å². The van der Waals surface area contributed by atoms with Crippen molar-refractivity contribution in [3.05, 3.63) is 65.2 Å². The smallest absolute Gasteiger partial charge is 0.243 e. The van der Waals surface area contributed by atoms with E-state index in [9.17, 15) is 14.4 Å². The zero-order valence-corrected chi connectivity index (χ0v) is 22.9. The lowest BCUT2D eigenvalue weighted by molar-refractivity contribution is -0.141. The molecule has 3 N–H and O–H groups in total. The largest absolute Gasteiger partial charge is 0.489 e. The number of rotatable bonds is 3. The summed E-state index contributed by atoms with van der Waals surface area (Å²) >= 11 is 0. The minimum absolute atomic E-state index is 0.00653. The maximum Gasteiger partial charge on any atom is 0.243 e. The van der Waals surface area contributed by atoms with Gasteiger partial charge >= 0.3 is 0 Å². The fourth-order valence-electron chi connectivity index (χ4n) is 5.48. The van der Waals surface area contributed by atoms with Gasteiger partial charge in [0.05, 0.1) is 6.04 Å². The van der Waals surface area contributed by atoms with Crippen molar-refractivity contribution in [3.63, 3.8) is 0 Å². The highest BCUT2D eigenvalue weighted by molar-refractivity contribution is 5.93. The Kier molecular flexibility index (Phi) is 8.50. The molecule has 8 nitrogen and oxygen atoms in total. The molecule has 1 aliphatic carbocycles. The van der Waals surface area contributed by atoms with Crippen LogP contribution < -0.4 is 20.7 Å². The van der Waals surface area contributed by atoms with Gasteiger partial charge in [0, 0.05) is 26.6 Å². The fraction of sp³-hybridized carbons (Fsp3) is 0.516. The number of nitrogens with one attached hydrogen (secondary N) is 3. The standard InChI is InChI=1S/C31H40N4O4/c1-20-29(36)34-26(17-21-7-4-3-5-8-21)30(37)32-16-6-9-22-10-11-23-14-15-25(39-27(23)18-22)19-33-28(24-12-13-24)31(38)35(20)2/h3-5,7-8,10-11,18,20,24-26,28,33H,6,9,12-17,19H2,1-2H3,(H,32,37)(H,34,36)/t20-,25?,26-,28+/m1/s1. The van der Waals surface area contributed by atoms with Crippen LogP contribution in [-0.4, -0.2) is 67.0 Å². The predicted octanol–water partition coefficient (Wildman–Crippen LogP) is 2.39. The third kappa shape index (κ3) is 6.79. The highest BCUT2D eigenvalue weighted by Crippen LogP contribution is 2.34. The summed E-state index contributed by atoms with van der Waals surface area (Å²) in [5, 5.41) is 9.43. The number of hydrogen-bond acceptors (Lipinski definition) is 5. The fourth-order valence-corrected chi connectivity index (χ4v) is 5.48. The van der Waals surface area contributed by atoms with Crippen molar-refractivity contribution < 1.29 is 19.1 Å². The van der Waals surface area contributed by atoms with Crippen LogP contribution in [0.25, 0.3) is 0 Å². The number of amides is 3. The topological polar surface area (TPSA) is 99.8 Å². The summed E-state index contributed by atoms with van der Waals surface area (Å²) in [5.41, 5.74) is 3.34. The Bertz CT molecular complexity index is 1180. The van der Waals surface area contributed by atoms with Crippen molar-refractivity contribution in [3.8, 4) is 5.75 Å². The van der Waals surface area contributed by atoms with Crippen molar-refractivity contribution in [1.29, 1.82) is 0 Å². The average molecular weight is 533 g/mol. The third-order valence-electron chi connectivity index (χ3n) is 8.25. The first-order valence-electron chi connectivity index (χ1n) is 14.3. The number of nitrogens with zero attached hydrogens (tertiary/aromatic N) is 1. The van der Waals surface area contributed by atoms with Crippen LogP contribution in [0.1, 0.15) is 49.3 Å². The van der Waals surface area contributed by atoms with Crippen molar-refractivity contribution in [2.45, 2.75) is 76.1 Å². The normalized spacial score (nSPS) is 27.0. The van der Waals surface area contributed by atoms with E-state index in [2.05, 4.69) is 34.1 Å². The van der Waals surface area contributed by atoms with Gasteiger partial charge in [0.2, 0.25) is 17.7 Å². The van der Waals surface area contributed by atoms with Crippen LogP contribution in [0.3, 0.4) is 0 Å². The molecular formula is C31H40N4O4. The summed E-state index contributed by atoms with van der Waals surface area (Å²) in [7, 11) is 1.67. The minimum atomic E-state index is -0.737. The summed E-state index contributed by atoms with van der Waals surface area (Å²) in [6, 6.07) is 14.3. The summed E-state index contributed by atoms with van der Waals surface area (Å²) in [6.45, 7) is 2.81. The van der Waals surface area contributed by atoms with Gasteiger partial charge in [-0.2, -0.15) is 0 Å². The molecule has 3 aliphatic rings. The van der Waals surface area contributed by atoms with E-state index in [1.54, 1.807) is 14.0 Å². The second-order valence-corrected chi connectivity index (χ2v) is 11.2. The second-order valence-electron chi connectivity index (χ2n) is 11.2. The van der Waals surface area contributed by atoms with Crippen LogP contribution in [0.15, 0.2) is 48.5 Å². The number of likely N-dealkylation sites (N-methyl/N-ethyl adjacent to an activating group) is 1. The van der Waals surface area contributed by atoms with Gasteiger partial charge in [0.15, 0.2) is 0 Å². The van der Waals surface area contributed by atoms with Gasteiger partial charge in [-0.05, 0) is 74.1 Å². The molecule has 0 spiro atoms. The van der Waals surface area contributed by atoms with E-state index >= 15 is 0 Å². The van der Waals surface area contributed by atoms with Crippen LogP contribution in [0.4, 0.5) is 0 Å². The number of fused-ring (bicyclic) bond motifs is 2. The highest BCUT2D eigenvalue weighted by Gasteiger charge is 2.40. The lowest BCUT2D eigenvalue weighted by atomic mass is 9.98. The number of aryl methyl sites for hydroxylation is 2. The Morgan fingerprint density at radius 3 is 2.54 bits per heavy atom. The van der Waals surface area contributed by atoms with Gasteiger partial charge in [-0.3, -0.25) is 14.4 Å². The van der Waals surface area contributed by atoms with Gasteiger partial charge in [-0.25, -0.2) is 0 Å². The summed E-state index contributed by atoms with van der Waals surface area (Å²) < 4.78 is 6.35. The number of carbonyl (C=O) groups excluding carboxylic acids is 3. The lowest BCUT2D eigenvalue weighted by Crippen LogP contribution is -2.57. The molecule has 8 heteroatoms. The van der Waals surface area contributed by atoms with E-state index in [4.69, 9.17) is 4.74 Å². The van der Waals surface area contributed by atoms with Crippen molar-refractivity contribution >= 4 is 17.7 Å². The molecule has 2 aromatic carbocycles. The van der Waals surface area contributed by atoms with Gasteiger partial charge < -0.3 is 25.6 Å². The molecule has 5 rings (SSSR count). The molecule has 1 fully saturated rings. The van der Waals surface area contributed by atoms with E-state index in [0.29, 0.717) is 19.5 Å². The van der Waals surface area contributed by atoms with E-state index in [-0.39, 0.29) is 35.8 Å². The first kappa shape index (κ1) is 27.2. The summed E-state index contributed by atoms with van der Waals surface area (Å²) in [6.07, 6.45) is 5.79. The molecular weight excluding hydrogens is 492 g/mol. The number of benzene rings is 2. The Hall–Kier alpha value is -3.39. The van der Waals surface area contributed by atoms with Crippen LogP contribution in [0.5, 0.6) is 5.75 Å². The molecule has 39 heavy (non-hydrogen) atoms. The van der Waals surface area contributed by atoms with Gasteiger partial charge in [0.25, 0.3) is 0 Å². The molecule has 2 aromatic rings. The quantitative estimate of drug-likeness (QED) is 0.564. The van der Waals surface area contributed by atoms with Crippen molar-refractivity contribution in [2.75, 3.05) is 20.1 Å². The summed E-state index contributed by atoms with van der Waals surface area (Å²) in [4.78, 5) is 41.6. The van der Waals surface area contributed by atoms with E-state index in [1.807, 2.05) is 30.3 Å². The Morgan fingerprint density at radius 1 is 0.974 bits per heavy atom. The zero-order chi connectivity index (χ0) is 27.4. The highest BCUT2D eigenvalue weighted by atomic mass is 16.5. The molecule has 2 aliphatic heterocycles. The molecule has 3 amide bonds. The van der Waals surface area contributed by atoms with Crippen molar-refractivity contribution in [1.82, 2.24) is 20.9 Å². The molecule has 3 bridgehead atoms. The lowest BCUT2D eigenvalue weighted by Gasteiger charge is -2.32. The third-order valence-corrected chi connectivity index (χ3v) is 8.25. The maximum absolute atomic E-state index is 13.6. The van der Waals surface area contributed by atoms with Gasteiger partial charge in [-0.1, -0.05) is 42.5 Å². The SMILES string of the molecule is C[C@@H]1C(=O)N[C@H](Cc2ccccc2)C(=O)NCCCc2ccc3c(c2)OC(CC3)CN[C@@H](C2CC2)C(=O)N1C. The maximum atomic E-state index is 13.6. The van der Waals surface area contributed by atoms with Crippen molar-refractivity contribution in [2.24, 2.45) is 5.92 Å². The summed E-state index contributed by atoms with van der Waals surface area (Å²) in [5.74, 6) is 0.531. The number of carbonyl (C=O) groups is 3. The molecule has 208 valence electrons. The van der Waals surface area contributed by atoms with Gasteiger partial charge in [0.1, 0.15) is 23.9 Å². The molecule has 1 unspecified atom stereocenters. The van der Waals surface area contributed by atoms with E-state index in [0.717, 1.165) is 49.8 Å². The first-order chi connectivity index (χ1) is 18.9. The monoisotopic (exact) mass is 532 g/mol. The van der Waals surface area contributed by atoms with Crippen LogP contribution in [-0.2, 0) is 33.6 Å². The van der Waals surface area contributed by atoms with E-state index < -0.39 is 12.1 Å². The Morgan fingerprint density at radius 2 is 1.77 bits per heavy atom. The molecule has 0 aromatic heterocycles. The Balaban J connectivity index is 1.37. The van der Waals surface area contributed by atoms with Gasteiger partial charge in [-0.15, -0.1) is 0 Å². The minimum Gasteiger partial charge on any atom is -0.489 e. The molecule has 1 saturated carbocycles. The molecule has 4 atom stereocenters. The van der Waals surface area contributed by atoms with Crippen LogP contribution in [0.2, 0.25) is 0 Å². The van der Waals surface area contributed by atoms with Crippen LogP contribution in [0, 0.1) is 5.92 Å². The molecule has 0 saturated heterocycles. The molecule has 2 heterocycles. The average Bonchev–Trinajstić information content (AvgIpc) is 3.79. The Labute approximate surface area is 230 Å². The number of ether oxygens (including phenoxy) is 1.